The largest absolute Gasteiger partial charge is 0.396 e. The van der Waals surface area contributed by atoms with Gasteiger partial charge in [0.25, 0.3) is 5.91 Å². The van der Waals surface area contributed by atoms with E-state index in [1.54, 1.807) is 6.07 Å². The fourth-order valence-electron chi connectivity index (χ4n) is 4.02. The number of likely N-dealkylation sites (N-methyl/N-ethyl adjacent to an activating group) is 1. The average Bonchev–Trinajstić information content (AvgIpc) is 2.54. The Hall–Kier alpha value is -1.46. The summed E-state index contributed by atoms with van der Waals surface area (Å²) in [5.41, 5.74) is 1.35. The highest BCUT2D eigenvalue weighted by Gasteiger charge is 2.47. The van der Waals surface area contributed by atoms with Crippen LogP contribution in [0.1, 0.15) is 35.4 Å². The molecule has 3 heterocycles. The van der Waals surface area contributed by atoms with Crippen molar-refractivity contribution in [2.45, 2.75) is 32.2 Å². The van der Waals surface area contributed by atoms with Gasteiger partial charge in [0.05, 0.1) is 6.61 Å². The van der Waals surface area contributed by atoms with Gasteiger partial charge in [0.15, 0.2) is 0 Å². The molecule has 120 valence electrons. The lowest BCUT2D eigenvalue weighted by Crippen LogP contribution is -2.62. The van der Waals surface area contributed by atoms with Crippen LogP contribution in [-0.2, 0) is 0 Å². The van der Waals surface area contributed by atoms with Crippen LogP contribution < -0.4 is 0 Å². The Morgan fingerprint density at radius 2 is 2.23 bits per heavy atom. The summed E-state index contributed by atoms with van der Waals surface area (Å²) in [4.78, 5) is 21.3. The van der Waals surface area contributed by atoms with Gasteiger partial charge in [0.1, 0.15) is 5.69 Å². The lowest BCUT2D eigenvalue weighted by molar-refractivity contribution is -0.0602. The van der Waals surface area contributed by atoms with Gasteiger partial charge in [-0.15, -0.1) is 0 Å². The van der Waals surface area contributed by atoms with Gasteiger partial charge in [-0.2, -0.15) is 0 Å². The van der Waals surface area contributed by atoms with Crippen molar-refractivity contribution in [2.24, 2.45) is 5.41 Å². The lowest BCUT2D eigenvalue weighted by Gasteiger charge is -2.53. The van der Waals surface area contributed by atoms with Gasteiger partial charge >= 0.3 is 0 Å². The molecule has 1 aromatic heterocycles. The van der Waals surface area contributed by atoms with Crippen LogP contribution in [0.15, 0.2) is 18.2 Å². The van der Waals surface area contributed by atoms with Gasteiger partial charge < -0.3 is 14.9 Å². The molecule has 0 unspecified atom stereocenters. The zero-order valence-corrected chi connectivity index (χ0v) is 13.5. The molecule has 3 rings (SSSR count). The number of hydrogen-bond acceptors (Lipinski definition) is 4. The van der Waals surface area contributed by atoms with Crippen molar-refractivity contribution in [3.8, 4) is 0 Å². The second-order valence-electron chi connectivity index (χ2n) is 6.79. The normalized spacial score (nSPS) is 29.2. The van der Waals surface area contributed by atoms with Gasteiger partial charge in [-0.3, -0.25) is 4.79 Å². The van der Waals surface area contributed by atoms with Crippen molar-refractivity contribution in [1.29, 1.82) is 0 Å². The Balaban J connectivity index is 1.79. The predicted molar refractivity (Wildman–Crippen MR) is 84.7 cm³/mol. The Morgan fingerprint density at radius 3 is 2.95 bits per heavy atom. The van der Waals surface area contributed by atoms with Crippen molar-refractivity contribution in [1.82, 2.24) is 14.8 Å². The summed E-state index contributed by atoms with van der Waals surface area (Å²) < 4.78 is 0. The molecule has 0 saturated carbocycles. The summed E-state index contributed by atoms with van der Waals surface area (Å²) in [6, 6.07) is 5.81. The van der Waals surface area contributed by atoms with Crippen molar-refractivity contribution >= 4 is 5.91 Å². The number of carbonyl (C=O) groups excluding carboxylic acids is 1. The molecule has 2 aliphatic heterocycles. The number of pyridine rings is 1. The minimum atomic E-state index is -0.0379. The minimum absolute atomic E-state index is 0.00853. The Bertz CT molecular complexity index is 563. The number of hydrogen-bond donors (Lipinski definition) is 1. The van der Waals surface area contributed by atoms with Crippen LogP contribution in [0, 0.1) is 12.3 Å². The number of aliphatic hydroxyl groups is 1. The van der Waals surface area contributed by atoms with Gasteiger partial charge in [-0.1, -0.05) is 6.07 Å². The predicted octanol–water partition coefficient (Wildman–Crippen LogP) is 1.31. The van der Waals surface area contributed by atoms with Gasteiger partial charge in [-0.25, -0.2) is 4.98 Å². The fourth-order valence-corrected chi connectivity index (χ4v) is 4.02. The highest BCUT2D eigenvalue weighted by atomic mass is 16.3. The van der Waals surface area contributed by atoms with E-state index in [4.69, 9.17) is 0 Å². The molecule has 2 atom stereocenters. The topological polar surface area (TPSA) is 56.7 Å². The van der Waals surface area contributed by atoms with Gasteiger partial charge in [0, 0.05) is 30.2 Å². The van der Waals surface area contributed by atoms with Crippen molar-refractivity contribution in [2.75, 3.05) is 33.3 Å². The SMILES string of the molecule is Cc1cccc(C(=O)N2CC[C@@]3(CO)CCCN(C)[C@@H]3C2)n1. The third kappa shape index (κ3) is 2.63. The number of aryl methyl sites for hydroxylation is 1. The molecule has 22 heavy (non-hydrogen) atoms. The summed E-state index contributed by atoms with van der Waals surface area (Å²) >= 11 is 0. The molecule has 1 N–H and O–H groups in total. The average molecular weight is 303 g/mol. The van der Waals surface area contributed by atoms with Crippen molar-refractivity contribution in [3.05, 3.63) is 29.6 Å². The van der Waals surface area contributed by atoms with Crippen molar-refractivity contribution in [3.63, 3.8) is 0 Å². The molecule has 2 saturated heterocycles. The quantitative estimate of drug-likeness (QED) is 0.895. The highest BCUT2D eigenvalue weighted by Crippen LogP contribution is 2.41. The molecule has 0 aliphatic carbocycles. The maximum Gasteiger partial charge on any atom is 0.272 e. The number of fused-ring (bicyclic) bond motifs is 1. The molecular formula is C17H25N3O2. The van der Waals surface area contributed by atoms with Crippen LogP contribution >= 0.6 is 0 Å². The van der Waals surface area contributed by atoms with E-state index in [9.17, 15) is 9.90 Å². The fraction of sp³-hybridized carbons (Fsp3) is 0.647. The van der Waals surface area contributed by atoms with Crippen LogP contribution in [0.3, 0.4) is 0 Å². The van der Waals surface area contributed by atoms with Crippen LogP contribution in [0.2, 0.25) is 0 Å². The maximum atomic E-state index is 12.7. The second-order valence-corrected chi connectivity index (χ2v) is 6.79. The number of rotatable bonds is 2. The van der Waals surface area contributed by atoms with Crippen LogP contribution in [0.5, 0.6) is 0 Å². The zero-order chi connectivity index (χ0) is 15.7. The Labute approximate surface area is 131 Å². The molecule has 5 nitrogen and oxygen atoms in total. The maximum absolute atomic E-state index is 12.7. The third-order valence-electron chi connectivity index (χ3n) is 5.41. The molecule has 2 aliphatic rings. The molecule has 0 bridgehead atoms. The van der Waals surface area contributed by atoms with E-state index in [0.717, 1.165) is 31.5 Å². The molecule has 0 radical (unpaired) electrons. The first kappa shape index (κ1) is 15.4. The molecule has 0 spiro atoms. The highest BCUT2D eigenvalue weighted by molar-refractivity contribution is 5.92. The summed E-state index contributed by atoms with van der Waals surface area (Å²) in [6.07, 6.45) is 3.06. The first-order chi connectivity index (χ1) is 10.6. The van der Waals surface area contributed by atoms with Crippen LogP contribution in [-0.4, -0.2) is 65.1 Å². The Kier molecular flexibility index (Phi) is 4.19. The summed E-state index contributed by atoms with van der Waals surface area (Å²) in [5.74, 6) is 0.00853. The number of likely N-dealkylation sites (tertiary alicyclic amines) is 2. The second kappa shape index (κ2) is 5.97. The number of aliphatic hydroxyl groups excluding tert-OH is 1. The molecule has 1 amide bonds. The first-order valence-electron chi connectivity index (χ1n) is 8.10. The number of amides is 1. The summed E-state index contributed by atoms with van der Waals surface area (Å²) in [7, 11) is 2.10. The van der Waals surface area contributed by atoms with Crippen molar-refractivity contribution < 1.29 is 9.90 Å². The van der Waals surface area contributed by atoms with E-state index in [0.29, 0.717) is 18.8 Å². The summed E-state index contributed by atoms with van der Waals surface area (Å²) in [5, 5.41) is 9.93. The van der Waals surface area contributed by atoms with E-state index in [1.165, 1.54) is 0 Å². The molecule has 0 aromatic carbocycles. The minimum Gasteiger partial charge on any atom is -0.396 e. The third-order valence-corrected chi connectivity index (χ3v) is 5.41. The number of nitrogens with zero attached hydrogens (tertiary/aromatic N) is 3. The Morgan fingerprint density at radius 1 is 1.41 bits per heavy atom. The van der Waals surface area contributed by atoms with E-state index >= 15 is 0 Å². The van der Waals surface area contributed by atoms with E-state index < -0.39 is 0 Å². The number of carbonyl (C=O) groups is 1. The molecule has 5 heteroatoms. The van der Waals surface area contributed by atoms with Gasteiger partial charge in [0.2, 0.25) is 0 Å². The molecular weight excluding hydrogens is 278 g/mol. The number of piperidine rings is 2. The van der Waals surface area contributed by atoms with Gasteiger partial charge in [-0.05, 0) is 51.9 Å². The van der Waals surface area contributed by atoms with E-state index in [1.807, 2.05) is 24.0 Å². The number of aromatic nitrogens is 1. The monoisotopic (exact) mass is 303 g/mol. The summed E-state index contributed by atoms with van der Waals surface area (Å²) in [6.45, 7) is 4.55. The standard InChI is InChI=1S/C17H25N3O2/c1-13-5-3-6-14(18-13)16(22)20-10-8-17(12-21)7-4-9-19(2)15(17)11-20/h3,5-6,15,21H,4,7-12H2,1-2H3/t15-,17-/m1/s1. The zero-order valence-electron chi connectivity index (χ0n) is 13.5. The van der Waals surface area contributed by atoms with Crippen LogP contribution in [0.25, 0.3) is 0 Å². The first-order valence-corrected chi connectivity index (χ1v) is 8.10. The van der Waals surface area contributed by atoms with E-state index in [-0.39, 0.29) is 24.0 Å². The molecule has 1 aromatic rings. The van der Waals surface area contributed by atoms with Crippen LogP contribution in [0.4, 0.5) is 0 Å². The van der Waals surface area contributed by atoms with E-state index in [2.05, 4.69) is 16.9 Å². The molecule has 2 fully saturated rings. The lowest BCUT2D eigenvalue weighted by atomic mass is 9.69. The smallest absolute Gasteiger partial charge is 0.272 e.